The van der Waals surface area contributed by atoms with Crippen molar-refractivity contribution < 1.29 is 9.47 Å². The van der Waals surface area contributed by atoms with E-state index in [4.69, 9.17) is 26.4 Å². The van der Waals surface area contributed by atoms with Gasteiger partial charge in [0, 0.05) is 63.2 Å². The van der Waals surface area contributed by atoms with Gasteiger partial charge in [-0.1, -0.05) is 39.0 Å². The van der Waals surface area contributed by atoms with E-state index < -0.39 is 7.36 Å². The lowest BCUT2D eigenvalue weighted by molar-refractivity contribution is 0.0550. The highest BCUT2D eigenvalue weighted by Crippen LogP contribution is 2.66. The van der Waals surface area contributed by atoms with Crippen LogP contribution in [0.25, 0.3) is 0 Å². The van der Waals surface area contributed by atoms with Crippen molar-refractivity contribution in [1.82, 2.24) is 14.2 Å². The maximum atomic E-state index is 6.04. The zero-order valence-corrected chi connectivity index (χ0v) is 21.5. The van der Waals surface area contributed by atoms with E-state index in [0.29, 0.717) is 0 Å². The van der Waals surface area contributed by atoms with Crippen LogP contribution in [-0.2, 0) is 9.47 Å². The summed E-state index contributed by atoms with van der Waals surface area (Å²) in [6.45, 7) is 17.5. The molecule has 9 heteroatoms. The lowest BCUT2D eigenvalue weighted by Gasteiger charge is -2.53. The van der Waals surface area contributed by atoms with E-state index in [2.05, 4.69) is 70.2 Å². The Labute approximate surface area is 198 Å². The molecule has 0 spiro atoms. The third-order valence-corrected chi connectivity index (χ3v) is 11.7. The summed E-state index contributed by atoms with van der Waals surface area (Å²) in [7, 11) is -2.09. The number of hydrogen-bond acceptors (Lipinski definition) is 4. The quantitative estimate of drug-likeness (QED) is 0.485. The van der Waals surface area contributed by atoms with Crippen LogP contribution in [-0.4, -0.2) is 103 Å². The molecule has 32 heavy (non-hydrogen) atoms. The van der Waals surface area contributed by atoms with E-state index in [0.717, 1.165) is 83.9 Å². The highest BCUT2D eigenvalue weighted by Gasteiger charge is 2.46. The molecule has 3 saturated heterocycles. The number of piperazine rings is 1. The van der Waals surface area contributed by atoms with Gasteiger partial charge in [0.2, 0.25) is 0 Å². The van der Waals surface area contributed by atoms with Crippen molar-refractivity contribution in [1.29, 1.82) is 0 Å². The maximum absolute atomic E-state index is 6.04. The van der Waals surface area contributed by atoms with Crippen LogP contribution < -0.4 is 4.90 Å². The van der Waals surface area contributed by atoms with Gasteiger partial charge in [-0.05, 0) is 24.4 Å². The van der Waals surface area contributed by atoms with E-state index in [1.54, 1.807) is 0 Å². The Morgan fingerprint density at radius 2 is 1.31 bits per heavy atom. The first-order chi connectivity index (χ1) is 15.4. The van der Waals surface area contributed by atoms with Crippen LogP contribution in [0.1, 0.15) is 20.8 Å². The number of anilines is 1. The van der Waals surface area contributed by atoms with Crippen molar-refractivity contribution in [2.75, 3.05) is 83.7 Å². The Morgan fingerprint density at radius 3 is 1.78 bits per heavy atom. The van der Waals surface area contributed by atoms with Gasteiger partial charge in [-0.3, -0.25) is 9.34 Å². The molecule has 1 aromatic carbocycles. The smallest absolute Gasteiger partial charge is 0.196 e. The van der Waals surface area contributed by atoms with Crippen molar-refractivity contribution in [2.45, 2.75) is 25.9 Å². The van der Waals surface area contributed by atoms with E-state index in [-0.39, 0.29) is 5.16 Å². The molecule has 0 unspecified atom stereocenters. The Morgan fingerprint density at radius 1 is 0.812 bits per heavy atom. The molecule has 4 rings (SSSR count). The fraction of sp³-hybridized carbons (Fsp3) is 0.696. The molecule has 1 aromatic rings. The van der Waals surface area contributed by atoms with Crippen LogP contribution in [0.4, 0.5) is 5.69 Å². The predicted octanol–water partition coefficient (Wildman–Crippen LogP) is 3.59. The van der Waals surface area contributed by atoms with Gasteiger partial charge < -0.3 is 19.3 Å². The van der Waals surface area contributed by atoms with Crippen LogP contribution in [0.3, 0.4) is 0 Å². The first kappa shape index (κ1) is 24.1. The molecule has 0 saturated carbocycles. The lowest BCUT2D eigenvalue weighted by Crippen LogP contribution is -2.50. The minimum atomic E-state index is -2.09. The number of benzene rings is 1. The summed E-state index contributed by atoms with van der Waals surface area (Å²) in [5.74, 6) is 0. The predicted molar refractivity (Wildman–Crippen MR) is 137 cm³/mol. The number of thiocarbonyl (C=S) groups is 1. The number of rotatable bonds is 3. The molecule has 7 nitrogen and oxygen atoms in total. The lowest BCUT2D eigenvalue weighted by atomic mass is 10.2. The van der Waals surface area contributed by atoms with Crippen LogP contribution in [0.2, 0.25) is 0 Å². The zero-order valence-electron chi connectivity index (χ0n) is 19.8. The Hall–Kier alpha value is -1.02. The van der Waals surface area contributed by atoms with Crippen LogP contribution in [0, 0.1) is 0 Å². The van der Waals surface area contributed by atoms with Gasteiger partial charge in [0.25, 0.3) is 0 Å². The van der Waals surface area contributed by atoms with Crippen molar-refractivity contribution in [3.8, 4) is 0 Å². The molecular weight excluding hydrogens is 441 g/mol. The third-order valence-electron chi connectivity index (χ3n) is 6.56. The summed E-state index contributed by atoms with van der Waals surface area (Å²) in [4.78, 5) is 4.76. The van der Waals surface area contributed by atoms with Crippen molar-refractivity contribution in [3.63, 3.8) is 0 Å². The molecular formula is C23H38N5O2PS. The molecule has 3 aliphatic heterocycles. The number of hydrogen-bond donors (Lipinski definition) is 0. The molecule has 0 aromatic heterocycles. The minimum absolute atomic E-state index is 0.0163. The summed E-state index contributed by atoms with van der Waals surface area (Å²) in [6, 6.07) is 10.7. The fourth-order valence-corrected chi connectivity index (χ4v) is 9.89. The number of ether oxygens (including phenoxy) is 2. The topological polar surface area (TPSA) is 43.8 Å². The Balaban J connectivity index is 1.60. The van der Waals surface area contributed by atoms with Crippen molar-refractivity contribution >= 4 is 30.4 Å². The largest absolute Gasteiger partial charge is 0.379 e. The second-order valence-electron chi connectivity index (χ2n) is 9.56. The van der Waals surface area contributed by atoms with E-state index in [9.17, 15) is 0 Å². The molecule has 178 valence electrons. The maximum Gasteiger partial charge on any atom is 0.196 e. The number of nitrogens with zero attached hydrogens (tertiary/aromatic N) is 5. The molecule has 0 aliphatic carbocycles. The SMILES string of the molecule is CC(C)(C)P(=NC(=S)N1CCN(c2ccccc2)CC1)(N1CCOCC1)N1CCOCC1. The van der Waals surface area contributed by atoms with Crippen LogP contribution >= 0.6 is 19.6 Å². The zero-order chi connectivity index (χ0) is 22.6. The van der Waals surface area contributed by atoms with Gasteiger partial charge in [0.15, 0.2) is 5.11 Å². The standard InChI is InChI=1S/C23H38N5O2PS/c1-23(2,3)31(27-13-17-29-18-14-27,28-15-19-30-20-16-28)24-22(32)26-11-9-25(10-12-26)21-7-5-4-6-8-21/h4-8H,9-20H2,1-3H3. The first-order valence-corrected chi connectivity index (χ1v) is 13.8. The number of morpholine rings is 2. The summed E-state index contributed by atoms with van der Waals surface area (Å²) < 4.78 is 22.2. The molecule has 0 amide bonds. The molecule has 0 N–H and O–H groups in total. The highest BCUT2D eigenvalue weighted by atomic mass is 32.1. The van der Waals surface area contributed by atoms with E-state index in [1.807, 2.05) is 0 Å². The summed E-state index contributed by atoms with van der Waals surface area (Å²) in [6.07, 6.45) is 0. The van der Waals surface area contributed by atoms with Gasteiger partial charge in [0.05, 0.1) is 26.4 Å². The monoisotopic (exact) mass is 479 g/mol. The van der Waals surface area contributed by atoms with Gasteiger partial charge in [-0.15, -0.1) is 0 Å². The van der Waals surface area contributed by atoms with Gasteiger partial charge in [0.1, 0.15) is 7.36 Å². The van der Waals surface area contributed by atoms with Gasteiger partial charge in [-0.25, -0.2) is 4.74 Å². The van der Waals surface area contributed by atoms with E-state index in [1.165, 1.54) is 5.69 Å². The van der Waals surface area contributed by atoms with Gasteiger partial charge >= 0.3 is 0 Å². The first-order valence-electron chi connectivity index (χ1n) is 11.8. The summed E-state index contributed by atoms with van der Waals surface area (Å²) >= 11 is 6.04. The molecule has 0 radical (unpaired) electrons. The van der Waals surface area contributed by atoms with Crippen molar-refractivity contribution in [2.24, 2.45) is 4.74 Å². The Bertz CT molecular complexity index is 789. The normalized spacial score (nSPS) is 22.1. The fourth-order valence-electron chi connectivity index (χ4n) is 4.95. The summed E-state index contributed by atoms with van der Waals surface area (Å²) in [5, 5.41) is 0.761. The molecule has 3 aliphatic rings. The molecule has 3 fully saturated rings. The Kier molecular flexibility index (Phi) is 7.91. The number of para-hydroxylation sites is 1. The minimum Gasteiger partial charge on any atom is -0.379 e. The van der Waals surface area contributed by atoms with E-state index >= 15 is 0 Å². The molecule has 3 heterocycles. The second-order valence-corrected chi connectivity index (χ2v) is 13.7. The summed E-state index contributed by atoms with van der Waals surface area (Å²) in [5.41, 5.74) is 1.29. The van der Waals surface area contributed by atoms with Crippen molar-refractivity contribution in [3.05, 3.63) is 30.3 Å². The van der Waals surface area contributed by atoms with Crippen LogP contribution in [0.15, 0.2) is 35.1 Å². The van der Waals surface area contributed by atoms with Gasteiger partial charge in [-0.2, -0.15) is 0 Å². The highest BCUT2D eigenvalue weighted by molar-refractivity contribution is 7.81. The van der Waals surface area contributed by atoms with Crippen LogP contribution in [0.5, 0.6) is 0 Å². The second kappa shape index (κ2) is 10.5. The molecule has 0 bridgehead atoms. The average Bonchev–Trinajstić information content (AvgIpc) is 2.83. The molecule has 0 atom stereocenters. The third kappa shape index (κ3) is 5.06. The average molecular weight is 480 g/mol.